The zero-order valence-electron chi connectivity index (χ0n) is 6.51. The Kier molecular flexibility index (Phi) is 6.57. The van der Waals surface area contributed by atoms with E-state index in [0.717, 1.165) is 0 Å². The molecule has 5 heteroatoms. The van der Waals surface area contributed by atoms with Crippen molar-refractivity contribution in [2.75, 3.05) is 7.18 Å². The van der Waals surface area contributed by atoms with Crippen LogP contribution in [-0.4, -0.2) is 17.0 Å². The van der Waals surface area contributed by atoms with Crippen LogP contribution in [-0.2, 0) is 0 Å². The first-order chi connectivity index (χ1) is 5.79. The highest BCUT2D eigenvalue weighted by molar-refractivity contribution is 7.39. The Bertz CT molecular complexity index is 193. The van der Waals surface area contributed by atoms with E-state index in [1.807, 2.05) is 6.07 Å². The Balaban J connectivity index is 0.000000561. The van der Waals surface area contributed by atoms with Crippen LogP contribution in [0.1, 0.15) is 0 Å². The van der Waals surface area contributed by atoms with Crippen molar-refractivity contribution in [1.82, 2.24) is 0 Å². The molecule has 0 aromatic heterocycles. The molecule has 0 heterocycles. The summed E-state index contributed by atoms with van der Waals surface area (Å²) in [6.45, 7) is 0. The maximum absolute atomic E-state index is 9.50. The second-order valence-corrected chi connectivity index (χ2v) is 2.35. The number of rotatable bonds is 2. The lowest BCUT2D eigenvalue weighted by molar-refractivity contribution is 0.375. The van der Waals surface area contributed by atoms with Gasteiger partial charge in [0.05, 0.1) is 7.18 Å². The quantitative estimate of drug-likeness (QED) is 0.703. The van der Waals surface area contributed by atoms with Crippen LogP contribution in [0.25, 0.3) is 0 Å². The summed E-state index contributed by atoms with van der Waals surface area (Å²) in [5.41, 5.74) is 0. The Morgan fingerprint density at radius 2 is 1.67 bits per heavy atom. The largest absolute Gasteiger partial charge is 0.427 e. The molecule has 1 aromatic carbocycles. The molecule has 1 rings (SSSR count). The molecular weight excluding hydrogens is 182 g/mol. The van der Waals surface area contributed by atoms with E-state index in [1.165, 1.54) is 0 Å². The summed E-state index contributed by atoms with van der Waals surface area (Å²) in [5, 5.41) is 0. The third-order valence-electron chi connectivity index (χ3n) is 0.930. The molecule has 0 spiro atoms. The van der Waals surface area contributed by atoms with Crippen LogP contribution in [0.4, 0.5) is 4.39 Å². The average Bonchev–Trinajstić information content (AvgIpc) is 2.08. The van der Waals surface area contributed by atoms with Crippen LogP contribution in [0.3, 0.4) is 0 Å². The van der Waals surface area contributed by atoms with E-state index >= 15 is 0 Å². The zero-order chi connectivity index (χ0) is 9.40. The number of halogens is 1. The fourth-order valence-corrected chi connectivity index (χ4v) is 0.886. The van der Waals surface area contributed by atoms with E-state index in [4.69, 9.17) is 9.79 Å². The minimum atomic E-state index is -2.28. The highest BCUT2D eigenvalue weighted by atomic mass is 31.2. The molecule has 12 heavy (non-hydrogen) atoms. The first kappa shape index (κ1) is 11.3. The predicted molar refractivity (Wildman–Crippen MR) is 45.5 cm³/mol. The van der Waals surface area contributed by atoms with E-state index in [2.05, 4.69) is 4.52 Å². The molecule has 0 fully saturated rings. The molecule has 1 aromatic rings. The van der Waals surface area contributed by atoms with Crippen LogP contribution < -0.4 is 4.52 Å². The van der Waals surface area contributed by atoms with E-state index in [0.29, 0.717) is 12.9 Å². The molecular formula is C7H10FO3P. The molecule has 3 nitrogen and oxygen atoms in total. The van der Waals surface area contributed by atoms with E-state index < -0.39 is 8.60 Å². The molecule has 0 radical (unpaired) electrons. The molecule has 0 bridgehead atoms. The molecule has 68 valence electrons. The van der Waals surface area contributed by atoms with Crippen molar-refractivity contribution in [3.63, 3.8) is 0 Å². The lowest BCUT2D eigenvalue weighted by Crippen LogP contribution is -1.82. The lowest BCUT2D eigenvalue weighted by Gasteiger charge is -2.02. The third-order valence-corrected chi connectivity index (χ3v) is 1.30. The summed E-state index contributed by atoms with van der Waals surface area (Å²) in [4.78, 5) is 16.8. The first-order valence-corrected chi connectivity index (χ1v) is 4.24. The van der Waals surface area contributed by atoms with Crippen LogP contribution in [0, 0.1) is 0 Å². The number of hydrogen-bond acceptors (Lipinski definition) is 3. The third kappa shape index (κ3) is 5.02. The van der Waals surface area contributed by atoms with Gasteiger partial charge in [-0.05, 0) is 12.1 Å². The van der Waals surface area contributed by atoms with Gasteiger partial charge < -0.3 is 14.3 Å². The average molecular weight is 192 g/mol. The van der Waals surface area contributed by atoms with Gasteiger partial charge in [0, 0.05) is 0 Å². The normalized spacial score (nSPS) is 8.75. The number of benzene rings is 1. The smallest absolute Gasteiger partial charge is 0.391 e. The summed E-state index contributed by atoms with van der Waals surface area (Å²) < 4.78 is 14.1. The maximum Gasteiger partial charge on any atom is 0.391 e. The zero-order valence-corrected chi connectivity index (χ0v) is 7.41. The van der Waals surface area contributed by atoms with Gasteiger partial charge >= 0.3 is 8.60 Å². The first-order valence-electron chi connectivity index (χ1n) is 3.08. The van der Waals surface area contributed by atoms with Gasteiger partial charge in [0.1, 0.15) is 5.75 Å². The second kappa shape index (κ2) is 6.98. The topological polar surface area (TPSA) is 49.7 Å². The molecule has 0 aliphatic heterocycles. The molecule has 0 amide bonds. The lowest BCUT2D eigenvalue weighted by atomic mass is 10.3. The van der Waals surface area contributed by atoms with Crippen molar-refractivity contribution in [3.8, 4) is 5.75 Å². The highest BCUT2D eigenvalue weighted by Gasteiger charge is 1.99. The van der Waals surface area contributed by atoms with Crippen molar-refractivity contribution in [1.29, 1.82) is 0 Å². The van der Waals surface area contributed by atoms with Gasteiger partial charge in [0.25, 0.3) is 0 Å². The molecule has 0 saturated heterocycles. The van der Waals surface area contributed by atoms with Gasteiger partial charge in [-0.1, -0.05) is 18.2 Å². The van der Waals surface area contributed by atoms with Crippen molar-refractivity contribution in [2.24, 2.45) is 0 Å². The summed E-state index contributed by atoms with van der Waals surface area (Å²) in [6, 6.07) is 8.65. The van der Waals surface area contributed by atoms with E-state index in [1.54, 1.807) is 24.3 Å². The van der Waals surface area contributed by atoms with Gasteiger partial charge in [0.15, 0.2) is 0 Å². The number of para-hydroxylation sites is 1. The molecule has 0 aliphatic rings. The molecule has 0 unspecified atom stereocenters. The van der Waals surface area contributed by atoms with Crippen LogP contribution in [0.15, 0.2) is 30.3 Å². The maximum atomic E-state index is 9.50. The summed E-state index contributed by atoms with van der Waals surface area (Å²) in [5.74, 6) is 0.471. The standard InChI is InChI=1S/C6H7O3P.CH3F/c7-10(8)9-6-4-2-1-3-5-6;1-2/h1-5,7-8H;1H3. The van der Waals surface area contributed by atoms with Crippen molar-refractivity contribution in [2.45, 2.75) is 0 Å². The Morgan fingerprint density at radius 1 is 1.17 bits per heavy atom. The van der Waals surface area contributed by atoms with Gasteiger partial charge in [0.2, 0.25) is 0 Å². The van der Waals surface area contributed by atoms with Crippen LogP contribution in [0.5, 0.6) is 5.75 Å². The van der Waals surface area contributed by atoms with Gasteiger partial charge in [-0.15, -0.1) is 0 Å². The number of hydrogen-bond donors (Lipinski definition) is 2. The minimum Gasteiger partial charge on any atom is -0.427 e. The van der Waals surface area contributed by atoms with Crippen LogP contribution >= 0.6 is 8.60 Å². The second-order valence-electron chi connectivity index (χ2n) is 1.66. The predicted octanol–water partition coefficient (Wildman–Crippen LogP) is 1.86. The van der Waals surface area contributed by atoms with E-state index in [-0.39, 0.29) is 0 Å². The summed E-state index contributed by atoms with van der Waals surface area (Å²) in [7, 11) is -1.78. The highest BCUT2D eigenvalue weighted by Crippen LogP contribution is 2.27. The molecule has 0 saturated carbocycles. The fraction of sp³-hybridized carbons (Fsp3) is 0.143. The molecule has 0 atom stereocenters. The van der Waals surface area contributed by atoms with Crippen molar-refractivity contribution >= 4 is 8.60 Å². The SMILES string of the molecule is CF.OP(O)Oc1ccccc1. The van der Waals surface area contributed by atoms with Crippen LogP contribution in [0.2, 0.25) is 0 Å². The Labute approximate surface area is 71.4 Å². The van der Waals surface area contributed by atoms with Gasteiger partial charge in [-0.2, -0.15) is 0 Å². The Hall–Kier alpha value is -0.700. The number of alkyl halides is 1. The molecule has 0 aliphatic carbocycles. The Morgan fingerprint density at radius 3 is 2.08 bits per heavy atom. The summed E-state index contributed by atoms with van der Waals surface area (Å²) in [6.07, 6.45) is 0. The van der Waals surface area contributed by atoms with Gasteiger partial charge in [-0.3, -0.25) is 4.39 Å². The fourth-order valence-electron chi connectivity index (χ4n) is 0.576. The molecule has 2 N–H and O–H groups in total. The minimum absolute atomic E-state index is 0.471. The van der Waals surface area contributed by atoms with Gasteiger partial charge in [-0.25, -0.2) is 0 Å². The van der Waals surface area contributed by atoms with Crippen molar-refractivity contribution in [3.05, 3.63) is 30.3 Å². The van der Waals surface area contributed by atoms with Crippen molar-refractivity contribution < 1.29 is 18.7 Å². The van der Waals surface area contributed by atoms with E-state index in [9.17, 15) is 4.39 Å². The summed E-state index contributed by atoms with van der Waals surface area (Å²) >= 11 is 0. The monoisotopic (exact) mass is 192 g/mol.